The van der Waals surface area contributed by atoms with Crippen molar-refractivity contribution in [3.63, 3.8) is 0 Å². The molecule has 0 aliphatic carbocycles. The Labute approximate surface area is 147 Å². The van der Waals surface area contributed by atoms with Gasteiger partial charge in [0.1, 0.15) is 5.82 Å². The van der Waals surface area contributed by atoms with Gasteiger partial charge in [0.15, 0.2) is 0 Å². The topological polar surface area (TPSA) is 41.6 Å². The summed E-state index contributed by atoms with van der Waals surface area (Å²) in [5, 5.41) is 2.88. The molecule has 1 fully saturated rings. The summed E-state index contributed by atoms with van der Waals surface area (Å²) in [7, 11) is 1.77. The molecule has 0 bridgehead atoms. The number of ether oxygens (including phenoxy) is 1. The van der Waals surface area contributed by atoms with Crippen LogP contribution >= 0.6 is 0 Å². The summed E-state index contributed by atoms with van der Waals surface area (Å²) in [5.74, 6) is -0.408. The second-order valence-corrected chi connectivity index (χ2v) is 6.32. The monoisotopic (exact) mass is 342 g/mol. The van der Waals surface area contributed by atoms with Gasteiger partial charge in [0, 0.05) is 31.6 Å². The van der Waals surface area contributed by atoms with E-state index in [1.807, 2.05) is 24.3 Å². The molecule has 1 heterocycles. The van der Waals surface area contributed by atoms with Gasteiger partial charge in [0.25, 0.3) is 0 Å². The number of anilines is 2. The molecule has 25 heavy (non-hydrogen) atoms. The highest BCUT2D eigenvalue weighted by Gasteiger charge is 2.18. The third-order valence-corrected chi connectivity index (χ3v) is 4.57. The first-order valence-electron chi connectivity index (χ1n) is 8.56. The summed E-state index contributed by atoms with van der Waals surface area (Å²) in [6.45, 7) is 1.96. The summed E-state index contributed by atoms with van der Waals surface area (Å²) in [6, 6.07) is 13.9. The first kappa shape index (κ1) is 17.4. The number of piperidine rings is 1. The maximum Gasteiger partial charge on any atom is 0.228 e. The Hall–Kier alpha value is -2.40. The van der Waals surface area contributed by atoms with E-state index in [0.717, 1.165) is 42.9 Å². The fourth-order valence-electron chi connectivity index (χ4n) is 3.10. The average Bonchev–Trinajstić information content (AvgIpc) is 2.64. The van der Waals surface area contributed by atoms with E-state index in [0.29, 0.717) is 6.10 Å². The van der Waals surface area contributed by atoms with Crippen LogP contribution in [-0.2, 0) is 16.0 Å². The van der Waals surface area contributed by atoms with Gasteiger partial charge in [-0.1, -0.05) is 12.1 Å². The van der Waals surface area contributed by atoms with Crippen LogP contribution in [0.1, 0.15) is 18.4 Å². The molecule has 2 aromatic carbocycles. The van der Waals surface area contributed by atoms with E-state index in [9.17, 15) is 9.18 Å². The van der Waals surface area contributed by atoms with Gasteiger partial charge in [-0.15, -0.1) is 0 Å². The summed E-state index contributed by atoms with van der Waals surface area (Å²) >= 11 is 0. The number of methoxy groups -OCH3 is 1. The van der Waals surface area contributed by atoms with Gasteiger partial charge in [-0.2, -0.15) is 0 Å². The lowest BCUT2D eigenvalue weighted by molar-refractivity contribution is -0.115. The zero-order valence-corrected chi connectivity index (χ0v) is 14.4. The second-order valence-electron chi connectivity index (χ2n) is 6.32. The number of carbonyl (C=O) groups excluding carboxylic acids is 1. The maximum absolute atomic E-state index is 12.9. The Balaban J connectivity index is 1.53. The van der Waals surface area contributed by atoms with Crippen LogP contribution in [0.15, 0.2) is 48.5 Å². The maximum atomic E-state index is 12.9. The lowest BCUT2D eigenvalue weighted by Crippen LogP contribution is -2.36. The number of nitrogens with zero attached hydrogens (tertiary/aromatic N) is 1. The first-order valence-corrected chi connectivity index (χ1v) is 8.56. The molecule has 0 aromatic heterocycles. The molecule has 0 spiro atoms. The quantitative estimate of drug-likeness (QED) is 0.902. The van der Waals surface area contributed by atoms with Crippen LogP contribution in [0.3, 0.4) is 0 Å². The van der Waals surface area contributed by atoms with Crippen molar-refractivity contribution in [2.75, 3.05) is 30.4 Å². The van der Waals surface area contributed by atoms with Crippen molar-refractivity contribution >= 4 is 17.3 Å². The van der Waals surface area contributed by atoms with Crippen LogP contribution in [0.5, 0.6) is 0 Å². The molecule has 1 N–H and O–H groups in total. The van der Waals surface area contributed by atoms with Crippen molar-refractivity contribution in [3.8, 4) is 0 Å². The Morgan fingerprint density at radius 2 is 1.76 bits per heavy atom. The van der Waals surface area contributed by atoms with Crippen LogP contribution in [0, 0.1) is 5.82 Å². The Bertz CT molecular complexity index is 693. The highest BCUT2D eigenvalue weighted by atomic mass is 19.1. The molecule has 1 amide bonds. The molecular weight excluding hydrogens is 319 g/mol. The van der Waals surface area contributed by atoms with E-state index in [-0.39, 0.29) is 18.1 Å². The standard InChI is InChI=1S/C20H23FN2O2/c1-25-19-10-12-23(13-11-19)18-8-6-17(7-9-18)22-20(24)14-15-2-4-16(21)5-3-15/h2-9,19H,10-14H2,1H3,(H,22,24). The van der Waals surface area contributed by atoms with Crippen LogP contribution in [-0.4, -0.2) is 32.2 Å². The second kappa shape index (κ2) is 8.12. The van der Waals surface area contributed by atoms with Crippen LogP contribution in [0.4, 0.5) is 15.8 Å². The van der Waals surface area contributed by atoms with E-state index >= 15 is 0 Å². The smallest absolute Gasteiger partial charge is 0.228 e. The molecule has 1 aliphatic rings. The molecular formula is C20H23FN2O2. The predicted octanol–water partition coefficient (Wildman–Crippen LogP) is 3.62. The molecule has 0 atom stereocenters. The van der Waals surface area contributed by atoms with Gasteiger partial charge in [0.05, 0.1) is 12.5 Å². The van der Waals surface area contributed by atoms with E-state index in [2.05, 4.69) is 10.2 Å². The lowest BCUT2D eigenvalue weighted by Gasteiger charge is -2.33. The molecule has 0 unspecified atom stereocenters. The number of hydrogen-bond acceptors (Lipinski definition) is 3. The number of rotatable bonds is 5. The van der Waals surface area contributed by atoms with Crippen LogP contribution < -0.4 is 10.2 Å². The highest BCUT2D eigenvalue weighted by Crippen LogP contribution is 2.23. The molecule has 1 aliphatic heterocycles. The number of carbonyl (C=O) groups is 1. The van der Waals surface area contributed by atoms with Crippen molar-refractivity contribution in [1.82, 2.24) is 0 Å². The van der Waals surface area contributed by atoms with Crippen molar-refractivity contribution in [3.05, 3.63) is 59.9 Å². The van der Waals surface area contributed by atoms with E-state index < -0.39 is 0 Å². The number of halogens is 1. The third kappa shape index (κ3) is 4.79. The predicted molar refractivity (Wildman–Crippen MR) is 97.4 cm³/mol. The molecule has 3 rings (SSSR count). The SMILES string of the molecule is COC1CCN(c2ccc(NC(=O)Cc3ccc(F)cc3)cc2)CC1. The highest BCUT2D eigenvalue weighted by molar-refractivity contribution is 5.92. The van der Waals surface area contributed by atoms with E-state index in [4.69, 9.17) is 4.74 Å². The summed E-state index contributed by atoms with van der Waals surface area (Å²) in [5.41, 5.74) is 2.71. The van der Waals surface area contributed by atoms with Crippen LogP contribution in [0.2, 0.25) is 0 Å². The number of nitrogens with one attached hydrogen (secondary N) is 1. The fraction of sp³-hybridized carbons (Fsp3) is 0.350. The third-order valence-electron chi connectivity index (χ3n) is 4.57. The number of benzene rings is 2. The Kier molecular flexibility index (Phi) is 5.66. The molecule has 2 aromatic rings. The van der Waals surface area contributed by atoms with Crippen molar-refractivity contribution in [2.45, 2.75) is 25.4 Å². The van der Waals surface area contributed by atoms with Crippen molar-refractivity contribution in [2.24, 2.45) is 0 Å². The largest absolute Gasteiger partial charge is 0.381 e. The van der Waals surface area contributed by atoms with E-state index in [1.165, 1.54) is 12.1 Å². The van der Waals surface area contributed by atoms with Gasteiger partial charge in [-0.3, -0.25) is 4.79 Å². The van der Waals surface area contributed by atoms with Crippen molar-refractivity contribution in [1.29, 1.82) is 0 Å². The zero-order chi connectivity index (χ0) is 17.6. The van der Waals surface area contributed by atoms with E-state index in [1.54, 1.807) is 19.2 Å². The molecule has 0 saturated carbocycles. The Morgan fingerprint density at radius 3 is 2.36 bits per heavy atom. The number of hydrogen-bond donors (Lipinski definition) is 1. The van der Waals surface area contributed by atoms with Gasteiger partial charge in [-0.25, -0.2) is 4.39 Å². The minimum Gasteiger partial charge on any atom is -0.381 e. The number of amides is 1. The molecule has 4 nitrogen and oxygen atoms in total. The molecule has 0 radical (unpaired) electrons. The van der Waals surface area contributed by atoms with Gasteiger partial charge >= 0.3 is 0 Å². The first-order chi connectivity index (χ1) is 12.1. The Morgan fingerprint density at radius 1 is 1.12 bits per heavy atom. The average molecular weight is 342 g/mol. The summed E-state index contributed by atoms with van der Waals surface area (Å²) < 4.78 is 18.3. The molecule has 1 saturated heterocycles. The lowest BCUT2D eigenvalue weighted by atomic mass is 10.1. The normalized spacial score (nSPS) is 15.2. The van der Waals surface area contributed by atoms with Gasteiger partial charge in [-0.05, 0) is 54.8 Å². The summed E-state index contributed by atoms with van der Waals surface area (Å²) in [6.07, 6.45) is 2.66. The minimum absolute atomic E-state index is 0.111. The fourth-order valence-corrected chi connectivity index (χ4v) is 3.10. The van der Waals surface area contributed by atoms with Gasteiger partial charge in [0.2, 0.25) is 5.91 Å². The summed E-state index contributed by atoms with van der Waals surface area (Å²) in [4.78, 5) is 14.4. The molecule has 132 valence electrons. The van der Waals surface area contributed by atoms with Gasteiger partial charge < -0.3 is 15.0 Å². The molecule has 5 heteroatoms. The minimum atomic E-state index is -0.297. The zero-order valence-electron chi connectivity index (χ0n) is 14.4. The van der Waals surface area contributed by atoms with Crippen molar-refractivity contribution < 1.29 is 13.9 Å². The van der Waals surface area contributed by atoms with Crippen LogP contribution in [0.25, 0.3) is 0 Å².